The molecule has 1 N–H and O–H groups in total. The number of nitrogens with one attached hydrogen (secondary N) is 1. The van der Waals surface area contributed by atoms with Crippen molar-refractivity contribution in [3.05, 3.63) is 36.1 Å². The zero-order chi connectivity index (χ0) is 10.8. The average Bonchev–Trinajstić information content (AvgIpc) is 2.53. The summed E-state index contributed by atoms with van der Waals surface area (Å²) in [7, 11) is 0. The maximum Gasteiger partial charge on any atom is 0.0258 e. The number of hydrogen-bond donors (Lipinski definition) is 1. The molecule has 1 heteroatoms. The van der Waals surface area contributed by atoms with E-state index < -0.39 is 0 Å². The molecule has 82 valence electrons. The molecule has 2 aliphatic rings. The topological polar surface area (TPSA) is 12.0 Å². The normalized spacial score (nSPS) is 33.1. The first-order valence-corrected chi connectivity index (χ1v) is 6.02. The lowest BCUT2D eigenvalue weighted by Gasteiger charge is -2.31. The van der Waals surface area contributed by atoms with E-state index in [-0.39, 0.29) is 0 Å². The molecule has 0 radical (unpaired) electrons. The Kier molecular flexibility index (Phi) is 2.99. The lowest BCUT2D eigenvalue weighted by Crippen LogP contribution is -2.36. The zero-order valence-electron chi connectivity index (χ0n) is 9.79. The first-order valence-electron chi connectivity index (χ1n) is 6.02. The second kappa shape index (κ2) is 4.26. The molecule has 1 fully saturated rings. The van der Waals surface area contributed by atoms with Gasteiger partial charge in [-0.15, -0.1) is 0 Å². The SMILES string of the molecule is C=C(NC1CCC1)C1C=C/C(=C/C)C1C. The van der Waals surface area contributed by atoms with E-state index in [1.165, 1.54) is 30.5 Å². The van der Waals surface area contributed by atoms with E-state index in [2.05, 4.69) is 44.0 Å². The van der Waals surface area contributed by atoms with Gasteiger partial charge in [-0.2, -0.15) is 0 Å². The second-order valence-electron chi connectivity index (χ2n) is 4.76. The van der Waals surface area contributed by atoms with Gasteiger partial charge in [0, 0.05) is 17.7 Å². The average molecular weight is 203 g/mol. The van der Waals surface area contributed by atoms with E-state index in [9.17, 15) is 0 Å². The van der Waals surface area contributed by atoms with Crippen LogP contribution in [0.5, 0.6) is 0 Å². The monoisotopic (exact) mass is 203 g/mol. The van der Waals surface area contributed by atoms with Gasteiger partial charge in [0.25, 0.3) is 0 Å². The summed E-state index contributed by atoms with van der Waals surface area (Å²) in [5.74, 6) is 1.09. The molecule has 0 spiro atoms. The quantitative estimate of drug-likeness (QED) is 0.741. The first-order chi connectivity index (χ1) is 7.22. The zero-order valence-corrected chi connectivity index (χ0v) is 9.79. The van der Waals surface area contributed by atoms with E-state index in [0.717, 1.165) is 0 Å². The third-order valence-electron chi connectivity index (χ3n) is 3.79. The Labute approximate surface area is 93.0 Å². The molecule has 2 atom stereocenters. The molecule has 0 bridgehead atoms. The standard InChI is InChI=1S/C14H21N/c1-4-12-8-9-14(10(12)2)11(3)15-13-6-5-7-13/h4,8-10,13-15H,3,5-7H2,1-2H3/b12-4-. The summed E-state index contributed by atoms with van der Waals surface area (Å²) >= 11 is 0. The summed E-state index contributed by atoms with van der Waals surface area (Å²) in [5, 5.41) is 3.56. The number of rotatable bonds is 3. The minimum absolute atomic E-state index is 0.497. The van der Waals surface area contributed by atoms with Gasteiger partial charge in [-0.25, -0.2) is 0 Å². The Hall–Kier alpha value is -0.980. The summed E-state index contributed by atoms with van der Waals surface area (Å²) in [4.78, 5) is 0. The minimum atomic E-state index is 0.497. The molecular formula is C14H21N. The molecule has 0 aromatic heterocycles. The fourth-order valence-corrected chi connectivity index (χ4v) is 2.43. The third-order valence-corrected chi connectivity index (χ3v) is 3.79. The maximum absolute atomic E-state index is 4.19. The highest BCUT2D eigenvalue weighted by Gasteiger charge is 2.27. The molecule has 0 aromatic carbocycles. The van der Waals surface area contributed by atoms with Gasteiger partial charge in [0.2, 0.25) is 0 Å². The Balaban J connectivity index is 1.93. The smallest absolute Gasteiger partial charge is 0.0258 e. The van der Waals surface area contributed by atoms with Crippen molar-refractivity contribution in [3.8, 4) is 0 Å². The van der Waals surface area contributed by atoms with E-state index in [4.69, 9.17) is 0 Å². The van der Waals surface area contributed by atoms with Gasteiger partial charge in [-0.05, 0) is 37.7 Å². The summed E-state index contributed by atoms with van der Waals surface area (Å²) in [6, 6.07) is 0.702. The fourth-order valence-electron chi connectivity index (χ4n) is 2.43. The van der Waals surface area contributed by atoms with Crippen molar-refractivity contribution < 1.29 is 0 Å². The molecule has 15 heavy (non-hydrogen) atoms. The van der Waals surface area contributed by atoms with Crippen molar-refractivity contribution in [2.24, 2.45) is 11.8 Å². The summed E-state index contributed by atoms with van der Waals surface area (Å²) in [6.45, 7) is 8.59. The van der Waals surface area contributed by atoms with Crippen LogP contribution in [0.2, 0.25) is 0 Å². The summed E-state index contributed by atoms with van der Waals surface area (Å²) in [5.41, 5.74) is 2.65. The molecule has 2 aliphatic carbocycles. The molecule has 0 saturated heterocycles. The second-order valence-corrected chi connectivity index (χ2v) is 4.76. The van der Waals surface area contributed by atoms with Crippen molar-refractivity contribution in [2.45, 2.75) is 39.2 Å². The summed E-state index contributed by atoms with van der Waals surface area (Å²) < 4.78 is 0. The van der Waals surface area contributed by atoms with E-state index in [1.54, 1.807) is 0 Å². The van der Waals surface area contributed by atoms with Gasteiger partial charge < -0.3 is 5.32 Å². The molecule has 0 amide bonds. The molecular weight excluding hydrogens is 182 g/mol. The Morgan fingerprint density at radius 1 is 1.53 bits per heavy atom. The predicted molar refractivity (Wildman–Crippen MR) is 65.5 cm³/mol. The molecule has 0 heterocycles. The van der Waals surface area contributed by atoms with Crippen LogP contribution in [-0.2, 0) is 0 Å². The van der Waals surface area contributed by atoms with Crippen LogP contribution >= 0.6 is 0 Å². The summed E-state index contributed by atoms with van der Waals surface area (Å²) in [6.07, 6.45) is 10.7. The van der Waals surface area contributed by atoms with Crippen molar-refractivity contribution >= 4 is 0 Å². The van der Waals surface area contributed by atoms with Gasteiger partial charge in [0.1, 0.15) is 0 Å². The fraction of sp³-hybridized carbons (Fsp3) is 0.571. The molecule has 1 nitrogen and oxygen atoms in total. The molecule has 2 rings (SSSR count). The van der Waals surface area contributed by atoms with Crippen molar-refractivity contribution in [1.82, 2.24) is 5.32 Å². The van der Waals surface area contributed by atoms with E-state index in [0.29, 0.717) is 17.9 Å². The first kappa shape index (κ1) is 10.5. The van der Waals surface area contributed by atoms with Crippen LogP contribution in [0.4, 0.5) is 0 Å². The maximum atomic E-state index is 4.19. The molecule has 2 unspecified atom stereocenters. The van der Waals surface area contributed by atoms with Gasteiger partial charge >= 0.3 is 0 Å². The predicted octanol–water partition coefficient (Wildman–Crippen LogP) is 3.41. The third kappa shape index (κ3) is 2.01. The Bertz CT molecular complexity index is 307. The van der Waals surface area contributed by atoms with Crippen LogP contribution in [0.25, 0.3) is 0 Å². The van der Waals surface area contributed by atoms with Gasteiger partial charge in [0.15, 0.2) is 0 Å². The lowest BCUT2D eigenvalue weighted by molar-refractivity contribution is 0.349. The molecule has 1 saturated carbocycles. The minimum Gasteiger partial charge on any atom is -0.386 e. The largest absolute Gasteiger partial charge is 0.386 e. The van der Waals surface area contributed by atoms with Crippen molar-refractivity contribution in [3.63, 3.8) is 0 Å². The molecule has 0 aromatic rings. The van der Waals surface area contributed by atoms with Gasteiger partial charge in [-0.3, -0.25) is 0 Å². The molecule has 0 aliphatic heterocycles. The highest BCUT2D eigenvalue weighted by atomic mass is 14.9. The van der Waals surface area contributed by atoms with Gasteiger partial charge in [0.05, 0.1) is 0 Å². The van der Waals surface area contributed by atoms with E-state index >= 15 is 0 Å². The number of allylic oxidation sites excluding steroid dienone is 4. The lowest BCUT2D eigenvalue weighted by atomic mass is 9.88. The van der Waals surface area contributed by atoms with Gasteiger partial charge in [-0.1, -0.05) is 31.7 Å². The van der Waals surface area contributed by atoms with Crippen molar-refractivity contribution in [1.29, 1.82) is 0 Å². The van der Waals surface area contributed by atoms with Crippen LogP contribution in [0.15, 0.2) is 36.1 Å². The van der Waals surface area contributed by atoms with E-state index in [1.807, 2.05) is 0 Å². The van der Waals surface area contributed by atoms with Crippen LogP contribution in [0.3, 0.4) is 0 Å². The van der Waals surface area contributed by atoms with Crippen LogP contribution < -0.4 is 5.32 Å². The highest BCUT2D eigenvalue weighted by molar-refractivity contribution is 5.33. The van der Waals surface area contributed by atoms with Crippen LogP contribution in [0.1, 0.15) is 33.1 Å². The van der Waals surface area contributed by atoms with Crippen molar-refractivity contribution in [2.75, 3.05) is 0 Å². The Morgan fingerprint density at radius 3 is 2.73 bits per heavy atom. The highest BCUT2D eigenvalue weighted by Crippen LogP contribution is 2.34. The van der Waals surface area contributed by atoms with Crippen LogP contribution in [0, 0.1) is 11.8 Å². The van der Waals surface area contributed by atoms with Crippen LogP contribution in [-0.4, -0.2) is 6.04 Å². The Morgan fingerprint density at radius 2 is 2.27 bits per heavy atom. The number of hydrogen-bond acceptors (Lipinski definition) is 1.